The molecule has 0 saturated carbocycles. The fraction of sp³-hybridized carbons (Fsp3) is 0.364. The quantitative estimate of drug-likeness (QED) is 0.208. The van der Waals surface area contributed by atoms with Crippen LogP contribution in [0.3, 0.4) is 0 Å². The van der Waals surface area contributed by atoms with Gasteiger partial charge in [-0.3, -0.25) is 14.9 Å². The SMILES string of the molecule is NC(I)CCC(=O)OCc1ccc([N+](=O)[O-])cc1. The van der Waals surface area contributed by atoms with Crippen LogP contribution in [-0.2, 0) is 16.1 Å². The van der Waals surface area contributed by atoms with Crippen molar-refractivity contribution in [1.29, 1.82) is 0 Å². The summed E-state index contributed by atoms with van der Waals surface area (Å²) in [5.41, 5.74) is 6.24. The maximum absolute atomic E-state index is 11.3. The highest BCUT2D eigenvalue weighted by Crippen LogP contribution is 2.13. The minimum atomic E-state index is -0.475. The predicted molar refractivity (Wildman–Crippen MR) is 74.1 cm³/mol. The van der Waals surface area contributed by atoms with E-state index in [1.165, 1.54) is 12.1 Å². The average molecular weight is 364 g/mol. The van der Waals surface area contributed by atoms with Crippen molar-refractivity contribution in [3.8, 4) is 0 Å². The number of hydrogen-bond donors (Lipinski definition) is 1. The smallest absolute Gasteiger partial charge is 0.306 e. The summed E-state index contributed by atoms with van der Waals surface area (Å²) >= 11 is 2.03. The Kier molecular flexibility index (Phi) is 5.99. The van der Waals surface area contributed by atoms with Crippen LogP contribution in [0.15, 0.2) is 24.3 Å². The van der Waals surface area contributed by atoms with E-state index in [0.29, 0.717) is 12.0 Å². The number of nitrogens with zero attached hydrogens (tertiary/aromatic N) is 1. The number of nitro benzene ring substituents is 1. The van der Waals surface area contributed by atoms with Crippen molar-refractivity contribution in [1.82, 2.24) is 0 Å². The third-order valence-electron chi connectivity index (χ3n) is 2.17. The van der Waals surface area contributed by atoms with E-state index in [0.717, 1.165) is 0 Å². The number of benzene rings is 1. The zero-order chi connectivity index (χ0) is 13.5. The Labute approximate surface area is 118 Å². The molecule has 0 aliphatic rings. The molecule has 7 heteroatoms. The summed E-state index contributed by atoms with van der Waals surface area (Å²) in [5, 5.41) is 10.4. The first kappa shape index (κ1) is 14.8. The third kappa shape index (κ3) is 5.41. The molecule has 0 saturated heterocycles. The second kappa shape index (κ2) is 7.27. The van der Waals surface area contributed by atoms with Crippen LogP contribution in [0.2, 0.25) is 0 Å². The molecule has 0 aromatic heterocycles. The lowest BCUT2D eigenvalue weighted by Gasteiger charge is -2.05. The van der Waals surface area contributed by atoms with Crippen LogP contribution in [0.5, 0.6) is 0 Å². The van der Waals surface area contributed by atoms with E-state index in [4.69, 9.17) is 10.5 Å². The fourth-order valence-corrected chi connectivity index (χ4v) is 1.52. The van der Waals surface area contributed by atoms with Crippen molar-refractivity contribution in [3.63, 3.8) is 0 Å². The van der Waals surface area contributed by atoms with Gasteiger partial charge in [-0.2, -0.15) is 0 Å². The van der Waals surface area contributed by atoms with E-state index in [1.54, 1.807) is 12.1 Å². The minimum absolute atomic E-state index is 0.0148. The average Bonchev–Trinajstić information content (AvgIpc) is 2.34. The molecule has 1 aromatic carbocycles. The third-order valence-corrected chi connectivity index (χ3v) is 2.79. The second-order valence-corrected chi connectivity index (χ2v) is 5.24. The van der Waals surface area contributed by atoms with Crippen LogP contribution < -0.4 is 5.73 Å². The van der Waals surface area contributed by atoms with Gasteiger partial charge >= 0.3 is 5.97 Å². The normalized spacial score (nSPS) is 11.9. The summed E-state index contributed by atoms with van der Waals surface area (Å²) in [6, 6.07) is 5.89. The van der Waals surface area contributed by atoms with Gasteiger partial charge in [0.2, 0.25) is 0 Å². The summed E-state index contributed by atoms with van der Waals surface area (Å²) in [7, 11) is 0. The zero-order valence-electron chi connectivity index (χ0n) is 9.54. The molecule has 18 heavy (non-hydrogen) atoms. The Morgan fingerprint density at radius 2 is 2.06 bits per heavy atom. The molecule has 0 heterocycles. The highest BCUT2D eigenvalue weighted by molar-refractivity contribution is 14.1. The lowest BCUT2D eigenvalue weighted by molar-refractivity contribution is -0.384. The maximum Gasteiger partial charge on any atom is 0.306 e. The minimum Gasteiger partial charge on any atom is -0.461 e. The first-order valence-corrected chi connectivity index (χ1v) is 6.52. The topological polar surface area (TPSA) is 95.5 Å². The van der Waals surface area contributed by atoms with Crippen molar-refractivity contribution in [2.75, 3.05) is 0 Å². The van der Waals surface area contributed by atoms with E-state index in [1.807, 2.05) is 22.6 Å². The van der Waals surface area contributed by atoms with E-state index in [9.17, 15) is 14.9 Å². The van der Waals surface area contributed by atoms with Crippen LogP contribution >= 0.6 is 22.6 Å². The molecule has 0 bridgehead atoms. The summed E-state index contributed by atoms with van der Waals surface area (Å²) in [6.45, 7) is 0.118. The summed E-state index contributed by atoms with van der Waals surface area (Å²) < 4.78 is 4.95. The van der Waals surface area contributed by atoms with Crippen molar-refractivity contribution in [2.24, 2.45) is 5.73 Å². The van der Waals surface area contributed by atoms with E-state index >= 15 is 0 Å². The van der Waals surface area contributed by atoms with Gasteiger partial charge < -0.3 is 10.5 Å². The Morgan fingerprint density at radius 3 is 2.56 bits per heavy atom. The number of hydrogen-bond acceptors (Lipinski definition) is 5. The number of esters is 1. The van der Waals surface area contributed by atoms with Gasteiger partial charge in [-0.1, -0.05) is 22.6 Å². The van der Waals surface area contributed by atoms with Gasteiger partial charge in [0, 0.05) is 18.6 Å². The van der Waals surface area contributed by atoms with Gasteiger partial charge in [-0.05, 0) is 24.1 Å². The van der Waals surface area contributed by atoms with Gasteiger partial charge in [0.25, 0.3) is 5.69 Å². The van der Waals surface area contributed by atoms with Gasteiger partial charge in [0.05, 0.1) is 8.97 Å². The molecule has 0 aliphatic carbocycles. The van der Waals surface area contributed by atoms with Crippen LogP contribution in [0.25, 0.3) is 0 Å². The molecule has 6 nitrogen and oxygen atoms in total. The number of nitro groups is 1. The molecule has 0 amide bonds. The van der Waals surface area contributed by atoms with E-state index < -0.39 is 4.92 Å². The molecular formula is C11H13IN2O4. The highest BCUT2D eigenvalue weighted by Gasteiger charge is 2.07. The van der Waals surface area contributed by atoms with Crippen LogP contribution in [0.4, 0.5) is 5.69 Å². The maximum atomic E-state index is 11.3. The zero-order valence-corrected chi connectivity index (χ0v) is 11.7. The van der Waals surface area contributed by atoms with Crippen molar-refractivity contribution in [2.45, 2.75) is 23.5 Å². The molecule has 1 aromatic rings. The molecule has 0 radical (unpaired) electrons. The number of nitrogens with two attached hydrogens (primary N) is 1. The van der Waals surface area contributed by atoms with Gasteiger partial charge in [-0.15, -0.1) is 0 Å². The largest absolute Gasteiger partial charge is 0.461 e. The molecule has 1 unspecified atom stereocenters. The Hall–Kier alpha value is -1.22. The van der Waals surface area contributed by atoms with Crippen LogP contribution in [0, 0.1) is 10.1 Å². The fourth-order valence-electron chi connectivity index (χ4n) is 1.21. The first-order valence-electron chi connectivity index (χ1n) is 5.27. The number of alkyl halides is 1. The molecule has 1 atom stereocenters. The molecule has 2 N–H and O–H groups in total. The van der Waals surface area contributed by atoms with Gasteiger partial charge in [0.15, 0.2) is 0 Å². The number of non-ortho nitro benzene ring substituents is 1. The highest BCUT2D eigenvalue weighted by atomic mass is 127. The standard InChI is InChI=1S/C11H13IN2O4/c12-10(13)5-6-11(15)18-7-8-1-3-9(4-2-8)14(16)17/h1-4,10H,5-7,13H2. The molecule has 0 spiro atoms. The monoisotopic (exact) mass is 364 g/mol. The summed E-state index contributed by atoms with van der Waals surface area (Å²) in [6.07, 6.45) is 0.844. The lowest BCUT2D eigenvalue weighted by Crippen LogP contribution is -2.14. The van der Waals surface area contributed by atoms with E-state index in [2.05, 4.69) is 0 Å². The predicted octanol–water partition coefficient (Wildman–Crippen LogP) is 2.14. The molecule has 98 valence electrons. The summed E-state index contributed by atoms with van der Waals surface area (Å²) in [5.74, 6) is -0.319. The molecule has 0 aliphatic heterocycles. The van der Waals surface area contributed by atoms with Crippen molar-refractivity contribution in [3.05, 3.63) is 39.9 Å². The number of carbonyl (C=O) groups excluding carboxylic acids is 1. The number of rotatable bonds is 6. The van der Waals surface area contributed by atoms with E-state index in [-0.39, 0.29) is 28.7 Å². The van der Waals surface area contributed by atoms with Crippen LogP contribution in [0.1, 0.15) is 18.4 Å². The molecular weight excluding hydrogens is 351 g/mol. The Balaban J connectivity index is 2.39. The molecule has 0 fully saturated rings. The van der Waals surface area contributed by atoms with Gasteiger partial charge in [-0.25, -0.2) is 0 Å². The lowest BCUT2D eigenvalue weighted by atomic mass is 10.2. The number of carbonyl (C=O) groups is 1. The first-order chi connectivity index (χ1) is 8.49. The Bertz CT molecular complexity index is 420. The second-order valence-electron chi connectivity index (χ2n) is 3.64. The van der Waals surface area contributed by atoms with Gasteiger partial charge in [0.1, 0.15) is 6.61 Å². The van der Waals surface area contributed by atoms with Crippen molar-refractivity contribution >= 4 is 34.2 Å². The molecule has 1 rings (SSSR count). The Morgan fingerprint density at radius 1 is 1.44 bits per heavy atom. The number of ether oxygens (including phenoxy) is 1. The summed E-state index contributed by atoms with van der Waals surface area (Å²) in [4.78, 5) is 21.3. The van der Waals surface area contributed by atoms with Crippen molar-refractivity contribution < 1.29 is 14.5 Å². The number of halogens is 1. The van der Waals surface area contributed by atoms with Crippen LogP contribution in [-0.4, -0.2) is 14.9 Å².